The highest BCUT2D eigenvalue weighted by molar-refractivity contribution is 5.27. The highest BCUT2D eigenvalue weighted by Gasteiger charge is 2.16. The summed E-state index contributed by atoms with van der Waals surface area (Å²) < 4.78 is 0. The second-order valence-corrected chi connectivity index (χ2v) is 6.77. The van der Waals surface area contributed by atoms with Crippen molar-refractivity contribution in [1.82, 2.24) is 4.90 Å². The predicted molar refractivity (Wildman–Crippen MR) is 80.5 cm³/mol. The van der Waals surface area contributed by atoms with Crippen LogP contribution in [-0.2, 0) is 11.8 Å². The van der Waals surface area contributed by atoms with Gasteiger partial charge >= 0.3 is 0 Å². The van der Waals surface area contributed by atoms with Crippen LogP contribution in [0, 0.1) is 0 Å². The highest BCUT2D eigenvalue weighted by atomic mass is 16.3. The lowest BCUT2D eigenvalue weighted by Gasteiger charge is -2.29. The van der Waals surface area contributed by atoms with E-state index in [4.69, 9.17) is 0 Å². The molecule has 2 heteroatoms. The number of rotatable bonds is 3. The van der Waals surface area contributed by atoms with Crippen LogP contribution in [0.1, 0.15) is 44.7 Å². The third kappa shape index (κ3) is 4.32. The summed E-state index contributed by atoms with van der Waals surface area (Å²) >= 11 is 0. The van der Waals surface area contributed by atoms with E-state index < -0.39 is 0 Å². The minimum absolute atomic E-state index is 0.0673. The fourth-order valence-electron chi connectivity index (χ4n) is 2.60. The monoisotopic (exact) mass is 261 g/mol. The Balaban J connectivity index is 1.83. The molecule has 1 N–H and O–H groups in total. The number of aliphatic hydroxyl groups is 1. The van der Waals surface area contributed by atoms with Gasteiger partial charge in [0.2, 0.25) is 0 Å². The molecule has 2 nitrogen and oxygen atoms in total. The number of likely N-dealkylation sites (tertiary alicyclic amines) is 1. The van der Waals surface area contributed by atoms with Gasteiger partial charge in [-0.2, -0.15) is 0 Å². The van der Waals surface area contributed by atoms with Crippen molar-refractivity contribution in [3.8, 4) is 0 Å². The van der Waals surface area contributed by atoms with E-state index in [0.717, 1.165) is 38.9 Å². The van der Waals surface area contributed by atoms with Gasteiger partial charge in [-0.15, -0.1) is 0 Å². The van der Waals surface area contributed by atoms with Gasteiger partial charge in [0, 0.05) is 19.6 Å². The molecule has 1 aromatic rings. The van der Waals surface area contributed by atoms with Crippen molar-refractivity contribution in [1.29, 1.82) is 0 Å². The third-order valence-electron chi connectivity index (χ3n) is 4.09. The maximum atomic E-state index is 9.49. The molecule has 1 aliphatic rings. The summed E-state index contributed by atoms with van der Waals surface area (Å²) in [5.74, 6) is 0. The summed E-state index contributed by atoms with van der Waals surface area (Å²) in [6.07, 6.45) is 2.91. The first-order valence-corrected chi connectivity index (χ1v) is 7.45. The molecule has 1 fully saturated rings. The van der Waals surface area contributed by atoms with Gasteiger partial charge in [-0.25, -0.2) is 0 Å². The second kappa shape index (κ2) is 6.06. The molecule has 0 saturated carbocycles. The molecule has 0 atom stereocenters. The van der Waals surface area contributed by atoms with Crippen LogP contribution >= 0.6 is 0 Å². The fourth-order valence-corrected chi connectivity index (χ4v) is 2.60. The van der Waals surface area contributed by atoms with Crippen LogP contribution in [0.15, 0.2) is 24.3 Å². The fraction of sp³-hybridized carbons (Fsp3) is 0.647. The van der Waals surface area contributed by atoms with E-state index in [1.807, 2.05) is 0 Å². The molecule has 19 heavy (non-hydrogen) atoms. The molecular formula is C17H27NO. The summed E-state index contributed by atoms with van der Waals surface area (Å²) in [5.41, 5.74) is 3.05. The van der Waals surface area contributed by atoms with Crippen LogP contribution in [0.2, 0.25) is 0 Å². The minimum atomic E-state index is -0.0673. The SMILES string of the molecule is CC(C)(C)c1ccc(CCN2CCC(O)CC2)cc1. The Morgan fingerprint density at radius 3 is 2.21 bits per heavy atom. The largest absolute Gasteiger partial charge is 0.393 e. The summed E-state index contributed by atoms with van der Waals surface area (Å²) in [6.45, 7) is 9.95. The van der Waals surface area contributed by atoms with E-state index in [1.165, 1.54) is 11.1 Å². The molecule has 1 aliphatic heterocycles. The Bertz CT molecular complexity index is 383. The summed E-state index contributed by atoms with van der Waals surface area (Å²) in [6, 6.07) is 9.04. The second-order valence-electron chi connectivity index (χ2n) is 6.77. The van der Waals surface area contributed by atoms with Gasteiger partial charge in [-0.3, -0.25) is 0 Å². The van der Waals surface area contributed by atoms with Crippen molar-refractivity contribution in [3.63, 3.8) is 0 Å². The van der Waals surface area contributed by atoms with E-state index in [1.54, 1.807) is 0 Å². The standard InChI is InChI=1S/C17H27NO/c1-17(2,3)15-6-4-14(5-7-15)8-11-18-12-9-16(19)10-13-18/h4-7,16,19H,8-13H2,1-3H3. The van der Waals surface area contributed by atoms with Crippen molar-refractivity contribution in [2.45, 2.75) is 51.6 Å². The summed E-state index contributed by atoms with van der Waals surface area (Å²) in [7, 11) is 0. The molecule has 0 amide bonds. The van der Waals surface area contributed by atoms with E-state index in [0.29, 0.717) is 0 Å². The maximum absolute atomic E-state index is 9.49. The van der Waals surface area contributed by atoms with Crippen LogP contribution in [0.25, 0.3) is 0 Å². The van der Waals surface area contributed by atoms with Gasteiger partial charge in [0.1, 0.15) is 0 Å². The molecule has 0 unspecified atom stereocenters. The molecule has 106 valence electrons. The van der Waals surface area contributed by atoms with Gasteiger partial charge in [-0.05, 0) is 35.8 Å². The Labute approximate surface area is 117 Å². The van der Waals surface area contributed by atoms with Crippen LogP contribution in [0.5, 0.6) is 0 Å². The first-order valence-electron chi connectivity index (χ1n) is 7.45. The molecule has 0 aliphatic carbocycles. The van der Waals surface area contributed by atoms with Crippen molar-refractivity contribution >= 4 is 0 Å². The lowest BCUT2D eigenvalue weighted by atomic mass is 9.86. The van der Waals surface area contributed by atoms with Gasteiger partial charge in [0.15, 0.2) is 0 Å². The molecule has 0 radical (unpaired) electrons. The zero-order valence-corrected chi connectivity index (χ0v) is 12.5. The smallest absolute Gasteiger partial charge is 0.0564 e. The average Bonchev–Trinajstić information content (AvgIpc) is 2.37. The Morgan fingerprint density at radius 2 is 1.68 bits per heavy atom. The molecule has 0 aromatic heterocycles. The van der Waals surface area contributed by atoms with Crippen molar-refractivity contribution in [2.75, 3.05) is 19.6 Å². The summed E-state index contributed by atoms with van der Waals surface area (Å²) in [5, 5.41) is 9.49. The van der Waals surface area contributed by atoms with Crippen LogP contribution in [-0.4, -0.2) is 35.7 Å². The van der Waals surface area contributed by atoms with E-state index >= 15 is 0 Å². The molecule has 1 heterocycles. The van der Waals surface area contributed by atoms with Gasteiger partial charge < -0.3 is 10.0 Å². The Kier molecular flexibility index (Phi) is 4.64. The van der Waals surface area contributed by atoms with E-state index in [-0.39, 0.29) is 11.5 Å². The number of hydrogen-bond donors (Lipinski definition) is 1. The van der Waals surface area contributed by atoms with Crippen molar-refractivity contribution in [3.05, 3.63) is 35.4 Å². The third-order valence-corrected chi connectivity index (χ3v) is 4.09. The van der Waals surface area contributed by atoms with Gasteiger partial charge in [-0.1, -0.05) is 45.0 Å². The van der Waals surface area contributed by atoms with E-state index in [2.05, 4.69) is 49.9 Å². The highest BCUT2D eigenvalue weighted by Crippen LogP contribution is 2.22. The lowest BCUT2D eigenvalue weighted by Crippen LogP contribution is -2.37. The molecule has 2 rings (SSSR count). The number of nitrogens with zero attached hydrogens (tertiary/aromatic N) is 1. The van der Waals surface area contributed by atoms with Crippen LogP contribution < -0.4 is 0 Å². The van der Waals surface area contributed by atoms with Gasteiger partial charge in [0.05, 0.1) is 6.10 Å². The normalized spacial score (nSPS) is 18.7. The molecule has 1 saturated heterocycles. The van der Waals surface area contributed by atoms with Crippen molar-refractivity contribution < 1.29 is 5.11 Å². The number of hydrogen-bond acceptors (Lipinski definition) is 2. The first kappa shape index (κ1) is 14.5. The zero-order valence-electron chi connectivity index (χ0n) is 12.5. The average molecular weight is 261 g/mol. The van der Waals surface area contributed by atoms with Crippen LogP contribution in [0.3, 0.4) is 0 Å². The molecule has 0 spiro atoms. The lowest BCUT2D eigenvalue weighted by molar-refractivity contribution is 0.0832. The Morgan fingerprint density at radius 1 is 1.11 bits per heavy atom. The summed E-state index contributed by atoms with van der Waals surface area (Å²) in [4.78, 5) is 2.46. The predicted octanol–water partition coefficient (Wildman–Crippen LogP) is 2.98. The maximum Gasteiger partial charge on any atom is 0.0564 e. The Hall–Kier alpha value is -0.860. The van der Waals surface area contributed by atoms with Gasteiger partial charge in [0.25, 0.3) is 0 Å². The van der Waals surface area contributed by atoms with Crippen molar-refractivity contribution in [2.24, 2.45) is 0 Å². The number of benzene rings is 1. The topological polar surface area (TPSA) is 23.5 Å². The quantitative estimate of drug-likeness (QED) is 0.904. The molecule has 0 bridgehead atoms. The number of aliphatic hydroxyl groups excluding tert-OH is 1. The first-order chi connectivity index (χ1) is 8.95. The van der Waals surface area contributed by atoms with Crippen LogP contribution in [0.4, 0.5) is 0 Å². The zero-order chi connectivity index (χ0) is 13.9. The van der Waals surface area contributed by atoms with E-state index in [9.17, 15) is 5.11 Å². The molecule has 1 aromatic carbocycles. The number of piperidine rings is 1. The minimum Gasteiger partial charge on any atom is -0.393 e. The molecular weight excluding hydrogens is 234 g/mol.